The number of hydrogen-bond donors (Lipinski definition) is 0. The van der Waals surface area contributed by atoms with Crippen molar-refractivity contribution in [3.63, 3.8) is 0 Å². The first kappa shape index (κ1) is 7.87. The normalized spacial score (nSPS) is 50.1. The minimum Gasteiger partial charge on any atom is -0.227 e. The van der Waals surface area contributed by atoms with Crippen molar-refractivity contribution in [3.05, 3.63) is 12.2 Å². The number of allylic oxidation sites excluding steroid dienone is 1. The first-order chi connectivity index (χ1) is 5.13. The number of rotatable bonds is 1. The van der Waals surface area contributed by atoms with E-state index < -0.39 is 10.6 Å². The first-order valence-electron chi connectivity index (χ1n) is 3.46. The molecule has 0 nitrogen and oxygen atoms in total. The van der Waals surface area contributed by atoms with Crippen LogP contribution in [-0.2, 0) is 0 Å². The van der Waals surface area contributed by atoms with Crippen LogP contribution in [-0.4, -0.2) is 15.9 Å². The van der Waals surface area contributed by atoms with Gasteiger partial charge in [0.25, 0.3) is 0 Å². The Bertz CT molecular complexity index is 207. The Kier molecular flexibility index (Phi) is 1.69. The zero-order valence-electron chi connectivity index (χ0n) is 5.64. The summed E-state index contributed by atoms with van der Waals surface area (Å²) in [7, 11) is 0. The number of alkyl halides is 3. The van der Waals surface area contributed by atoms with Crippen LogP contribution in [0, 0.1) is 5.92 Å². The van der Waals surface area contributed by atoms with E-state index in [4.69, 9.17) is 11.6 Å². The summed E-state index contributed by atoms with van der Waals surface area (Å²) in [6.45, 7) is 0. The van der Waals surface area contributed by atoms with Crippen molar-refractivity contribution in [1.82, 2.24) is 0 Å². The molecule has 1 fully saturated rings. The van der Waals surface area contributed by atoms with E-state index in [9.17, 15) is 8.78 Å². The monoisotopic (exact) mass is 196 g/mol. The fourth-order valence-corrected chi connectivity index (χ4v) is 3.28. The highest BCUT2D eigenvalue weighted by Crippen LogP contribution is 2.56. The van der Waals surface area contributed by atoms with Crippen LogP contribution in [0.4, 0.5) is 8.78 Å². The summed E-state index contributed by atoms with van der Waals surface area (Å²) in [5, 5.41) is -1.72. The van der Waals surface area contributed by atoms with Gasteiger partial charge < -0.3 is 0 Å². The molecule has 1 aliphatic heterocycles. The molecule has 2 aliphatic rings. The third-order valence-corrected chi connectivity index (χ3v) is 4.15. The van der Waals surface area contributed by atoms with E-state index in [2.05, 4.69) is 0 Å². The highest BCUT2D eigenvalue weighted by molar-refractivity contribution is 8.01. The van der Waals surface area contributed by atoms with Crippen LogP contribution in [0.2, 0.25) is 0 Å². The fourth-order valence-electron chi connectivity index (χ4n) is 1.58. The lowest BCUT2D eigenvalue weighted by atomic mass is 10.0. The van der Waals surface area contributed by atoms with Crippen molar-refractivity contribution < 1.29 is 8.78 Å². The van der Waals surface area contributed by atoms with E-state index in [0.717, 1.165) is 11.8 Å². The van der Waals surface area contributed by atoms with Gasteiger partial charge in [0.1, 0.15) is 0 Å². The molecule has 0 amide bonds. The number of fused-ring (bicyclic) bond motifs is 2. The van der Waals surface area contributed by atoms with E-state index in [1.165, 1.54) is 0 Å². The van der Waals surface area contributed by atoms with E-state index >= 15 is 0 Å². The lowest BCUT2D eigenvalue weighted by Crippen LogP contribution is -2.32. The predicted molar refractivity (Wildman–Crippen MR) is 43.2 cm³/mol. The summed E-state index contributed by atoms with van der Waals surface area (Å²) >= 11 is 6.13. The van der Waals surface area contributed by atoms with Crippen LogP contribution < -0.4 is 0 Å². The predicted octanol–water partition coefficient (Wildman–Crippen LogP) is 2.88. The number of thioether (sulfide) groups is 1. The second kappa shape index (κ2) is 2.36. The lowest BCUT2D eigenvalue weighted by Gasteiger charge is -2.25. The van der Waals surface area contributed by atoms with Crippen molar-refractivity contribution in [3.8, 4) is 0 Å². The number of hydrogen-bond acceptors (Lipinski definition) is 1. The van der Waals surface area contributed by atoms with Crippen molar-refractivity contribution in [2.45, 2.75) is 22.3 Å². The minimum absolute atomic E-state index is 0.141. The van der Waals surface area contributed by atoms with Gasteiger partial charge in [-0.3, -0.25) is 0 Å². The van der Waals surface area contributed by atoms with E-state index in [0.29, 0.717) is 6.42 Å². The molecule has 0 saturated carbocycles. The summed E-state index contributed by atoms with van der Waals surface area (Å²) < 4.78 is 26.1. The molecule has 4 unspecified atom stereocenters. The Morgan fingerprint density at radius 2 is 2.36 bits per heavy atom. The molecule has 0 aromatic heterocycles. The molecule has 0 spiro atoms. The maximum atomic E-state index is 13.5. The molecule has 1 heterocycles. The summed E-state index contributed by atoms with van der Waals surface area (Å²) in [5.74, 6) is -0.315. The highest BCUT2D eigenvalue weighted by atomic mass is 35.5. The Morgan fingerprint density at radius 3 is 2.64 bits per heavy atom. The molecule has 1 aliphatic carbocycles. The van der Waals surface area contributed by atoms with Gasteiger partial charge >= 0.3 is 0 Å². The third-order valence-electron chi connectivity index (χ3n) is 2.18. The van der Waals surface area contributed by atoms with Gasteiger partial charge in [-0.25, -0.2) is 8.78 Å². The molecule has 1 saturated heterocycles. The van der Waals surface area contributed by atoms with E-state index in [-0.39, 0.29) is 11.2 Å². The fraction of sp³-hybridized carbons (Fsp3) is 0.714. The standard InChI is InChI=1S/C7H7ClF2S/c8-6(9)7(10)4-1-2-5(3-4)11-7/h1-2,4-6H,3H2. The molecule has 11 heavy (non-hydrogen) atoms. The molecule has 0 radical (unpaired) electrons. The average molecular weight is 197 g/mol. The quantitative estimate of drug-likeness (QED) is 0.459. The van der Waals surface area contributed by atoms with E-state index in [1.54, 1.807) is 6.08 Å². The Labute approximate surface area is 73.0 Å². The van der Waals surface area contributed by atoms with Gasteiger partial charge in [-0.1, -0.05) is 23.8 Å². The van der Waals surface area contributed by atoms with Gasteiger partial charge in [-0.15, -0.1) is 11.8 Å². The van der Waals surface area contributed by atoms with Gasteiger partial charge in [0.05, 0.1) is 0 Å². The largest absolute Gasteiger partial charge is 0.227 e. The number of halogens is 3. The molecule has 0 N–H and O–H groups in total. The molecule has 0 aromatic carbocycles. The zero-order valence-corrected chi connectivity index (χ0v) is 7.21. The maximum Gasteiger partial charge on any atom is 0.217 e. The Balaban J connectivity index is 2.24. The molecule has 0 aromatic rings. The molecule has 2 bridgehead atoms. The third kappa shape index (κ3) is 1.01. The Morgan fingerprint density at radius 1 is 1.64 bits per heavy atom. The van der Waals surface area contributed by atoms with Crippen LogP contribution >= 0.6 is 23.4 Å². The van der Waals surface area contributed by atoms with Crippen molar-refractivity contribution >= 4 is 23.4 Å². The highest BCUT2D eigenvalue weighted by Gasteiger charge is 2.55. The molecular formula is C7H7ClF2S. The average Bonchev–Trinajstić information content (AvgIpc) is 2.45. The van der Waals surface area contributed by atoms with Crippen LogP contribution in [0.5, 0.6) is 0 Å². The summed E-state index contributed by atoms with van der Waals surface area (Å²) in [4.78, 5) is 0. The second-order valence-electron chi connectivity index (χ2n) is 2.88. The van der Waals surface area contributed by atoms with Gasteiger partial charge in [-0.2, -0.15) is 0 Å². The van der Waals surface area contributed by atoms with Gasteiger partial charge in [0.2, 0.25) is 10.6 Å². The smallest absolute Gasteiger partial charge is 0.217 e. The lowest BCUT2D eigenvalue weighted by molar-refractivity contribution is 0.155. The molecular weight excluding hydrogens is 190 g/mol. The van der Waals surface area contributed by atoms with Crippen molar-refractivity contribution in [2.75, 3.05) is 0 Å². The molecule has 4 heteroatoms. The second-order valence-corrected chi connectivity index (χ2v) is 4.73. The summed E-state index contributed by atoms with van der Waals surface area (Å²) in [6, 6.07) is 0. The summed E-state index contributed by atoms with van der Waals surface area (Å²) in [5.41, 5.74) is -1.88. The summed E-state index contributed by atoms with van der Waals surface area (Å²) in [6.07, 6.45) is 4.36. The molecule has 2 rings (SSSR count). The Hall–Kier alpha value is 0.240. The van der Waals surface area contributed by atoms with Crippen LogP contribution in [0.25, 0.3) is 0 Å². The zero-order chi connectivity index (χ0) is 8.06. The van der Waals surface area contributed by atoms with Gasteiger partial charge in [0, 0.05) is 11.2 Å². The minimum atomic E-state index is -1.88. The molecule has 62 valence electrons. The van der Waals surface area contributed by atoms with E-state index in [1.807, 2.05) is 6.08 Å². The van der Waals surface area contributed by atoms with Crippen molar-refractivity contribution in [1.29, 1.82) is 0 Å². The van der Waals surface area contributed by atoms with Gasteiger partial charge in [-0.05, 0) is 6.42 Å². The topological polar surface area (TPSA) is 0 Å². The van der Waals surface area contributed by atoms with Crippen LogP contribution in [0.15, 0.2) is 12.2 Å². The first-order valence-corrected chi connectivity index (χ1v) is 4.78. The van der Waals surface area contributed by atoms with Crippen molar-refractivity contribution in [2.24, 2.45) is 5.92 Å². The maximum absolute atomic E-state index is 13.5. The SMILES string of the molecule is FC(Cl)C1(F)SC2C=CC1C2. The van der Waals surface area contributed by atoms with Gasteiger partial charge in [0.15, 0.2) is 0 Å². The molecule has 4 atom stereocenters. The van der Waals surface area contributed by atoms with Crippen LogP contribution in [0.1, 0.15) is 6.42 Å². The van der Waals surface area contributed by atoms with Crippen LogP contribution in [0.3, 0.4) is 0 Å².